The van der Waals surface area contributed by atoms with Gasteiger partial charge in [-0.3, -0.25) is 0 Å². The second-order valence-corrected chi connectivity index (χ2v) is 5.74. The lowest BCUT2D eigenvalue weighted by molar-refractivity contribution is 0.414. The fraction of sp³-hybridized carbons (Fsp3) is 0.417. The van der Waals surface area contributed by atoms with Crippen LogP contribution in [0.5, 0.6) is 0 Å². The molecule has 0 aliphatic heterocycles. The molecule has 5 nitrogen and oxygen atoms in total. The normalized spacial score (nSPS) is 11.9. The van der Waals surface area contributed by atoms with Crippen molar-refractivity contribution in [1.29, 1.82) is 0 Å². The van der Waals surface area contributed by atoms with Gasteiger partial charge in [0.2, 0.25) is 0 Å². The monoisotopic (exact) mass is 301 g/mol. The van der Waals surface area contributed by atoms with Gasteiger partial charge in [0.05, 0.1) is 11.6 Å². The molecule has 1 aromatic carbocycles. The number of tetrazole rings is 1. The molecule has 0 unspecified atom stereocenters. The molecule has 1 heterocycles. The third-order valence-electron chi connectivity index (χ3n) is 2.50. The summed E-state index contributed by atoms with van der Waals surface area (Å²) in [5.41, 5.74) is -0.217. The molecule has 2 aromatic rings. The Kier molecular flexibility index (Phi) is 4.01. The minimum Gasteiger partial charge on any atom is -0.305 e. The van der Waals surface area contributed by atoms with Gasteiger partial charge in [0.25, 0.3) is 0 Å². The molecule has 1 aromatic heterocycles. The summed E-state index contributed by atoms with van der Waals surface area (Å²) in [7, 11) is 0. The molecule has 0 spiro atoms. The molecule has 0 aliphatic carbocycles. The van der Waals surface area contributed by atoms with Gasteiger partial charge in [-0.2, -0.15) is 4.68 Å². The van der Waals surface area contributed by atoms with Crippen LogP contribution in [0.1, 0.15) is 26.6 Å². The third-order valence-corrected chi connectivity index (χ3v) is 2.79. The molecule has 108 valence electrons. The number of rotatable bonds is 3. The Labute approximate surface area is 119 Å². The van der Waals surface area contributed by atoms with Crippen molar-refractivity contribution in [3.8, 4) is 5.69 Å². The first-order valence-corrected chi connectivity index (χ1v) is 6.33. The number of benzene rings is 1. The standard InChI is InChI=1S/C12H14ClF2N5/c1-12(2,3)16-6-10-17-18-19-20(10)11-8(13)4-7(14)5-9(11)15/h4-5,16H,6H2,1-3H3. The van der Waals surface area contributed by atoms with Crippen molar-refractivity contribution in [3.63, 3.8) is 0 Å². The highest BCUT2D eigenvalue weighted by Gasteiger charge is 2.18. The Balaban J connectivity index is 2.38. The topological polar surface area (TPSA) is 55.6 Å². The van der Waals surface area contributed by atoms with Crippen molar-refractivity contribution in [1.82, 2.24) is 25.5 Å². The first-order valence-electron chi connectivity index (χ1n) is 5.95. The fourth-order valence-corrected chi connectivity index (χ4v) is 1.85. The zero-order valence-corrected chi connectivity index (χ0v) is 12.0. The van der Waals surface area contributed by atoms with Gasteiger partial charge in [0.15, 0.2) is 11.6 Å². The highest BCUT2D eigenvalue weighted by atomic mass is 35.5. The minimum absolute atomic E-state index is 0.0659. The van der Waals surface area contributed by atoms with E-state index in [2.05, 4.69) is 20.8 Å². The Bertz CT molecular complexity index is 598. The average Bonchev–Trinajstić information content (AvgIpc) is 2.72. The lowest BCUT2D eigenvalue weighted by Crippen LogP contribution is -2.36. The molecule has 0 aliphatic rings. The van der Waals surface area contributed by atoms with Gasteiger partial charge in [-0.25, -0.2) is 8.78 Å². The van der Waals surface area contributed by atoms with Crippen LogP contribution in [0.3, 0.4) is 0 Å². The predicted molar refractivity (Wildman–Crippen MR) is 70.7 cm³/mol. The number of nitrogens with zero attached hydrogens (tertiary/aromatic N) is 4. The van der Waals surface area contributed by atoms with Crippen molar-refractivity contribution in [2.45, 2.75) is 32.9 Å². The lowest BCUT2D eigenvalue weighted by atomic mass is 10.1. The van der Waals surface area contributed by atoms with Gasteiger partial charge in [-0.1, -0.05) is 11.6 Å². The van der Waals surface area contributed by atoms with Crippen molar-refractivity contribution < 1.29 is 8.78 Å². The highest BCUT2D eigenvalue weighted by molar-refractivity contribution is 6.32. The zero-order valence-electron chi connectivity index (χ0n) is 11.3. The van der Waals surface area contributed by atoms with E-state index < -0.39 is 11.6 Å². The molecule has 0 fully saturated rings. The van der Waals surface area contributed by atoms with Crippen LogP contribution in [-0.4, -0.2) is 25.7 Å². The quantitative estimate of drug-likeness (QED) is 0.946. The summed E-state index contributed by atoms with van der Waals surface area (Å²) in [4.78, 5) is 0. The van der Waals surface area contributed by atoms with Gasteiger partial charge >= 0.3 is 0 Å². The molecule has 2 rings (SSSR count). The Morgan fingerprint density at radius 1 is 1.30 bits per heavy atom. The second kappa shape index (κ2) is 5.41. The molecule has 0 saturated heterocycles. The van der Waals surface area contributed by atoms with E-state index in [-0.39, 0.29) is 16.2 Å². The van der Waals surface area contributed by atoms with Crippen LogP contribution >= 0.6 is 11.6 Å². The van der Waals surface area contributed by atoms with Gasteiger partial charge in [0.1, 0.15) is 11.5 Å². The Hall–Kier alpha value is -1.60. The number of aromatic nitrogens is 4. The molecular weight excluding hydrogens is 288 g/mol. The number of nitrogens with one attached hydrogen (secondary N) is 1. The molecule has 0 radical (unpaired) electrons. The molecule has 0 atom stereocenters. The minimum atomic E-state index is -0.820. The van der Waals surface area contributed by atoms with Crippen molar-refractivity contribution >= 4 is 11.6 Å². The largest absolute Gasteiger partial charge is 0.305 e. The SMILES string of the molecule is CC(C)(C)NCc1nnnn1-c1c(F)cc(F)cc1Cl. The van der Waals surface area contributed by atoms with E-state index in [0.717, 1.165) is 16.8 Å². The summed E-state index contributed by atoms with van der Waals surface area (Å²) in [6.07, 6.45) is 0. The van der Waals surface area contributed by atoms with Crippen LogP contribution in [0, 0.1) is 11.6 Å². The van der Waals surface area contributed by atoms with Crippen LogP contribution in [0.25, 0.3) is 5.69 Å². The fourth-order valence-electron chi connectivity index (χ4n) is 1.57. The van der Waals surface area contributed by atoms with E-state index in [1.54, 1.807) is 0 Å². The average molecular weight is 302 g/mol. The summed E-state index contributed by atoms with van der Waals surface area (Å²) >= 11 is 5.87. The number of hydrogen-bond acceptors (Lipinski definition) is 4. The summed E-state index contributed by atoms with van der Waals surface area (Å²) in [5.74, 6) is -1.19. The third kappa shape index (κ3) is 3.29. The highest BCUT2D eigenvalue weighted by Crippen LogP contribution is 2.25. The molecular formula is C12H14ClF2N5. The van der Waals surface area contributed by atoms with E-state index >= 15 is 0 Å². The first kappa shape index (κ1) is 14.8. The van der Waals surface area contributed by atoms with Crippen molar-refractivity contribution in [2.75, 3.05) is 0 Å². The number of halogens is 3. The van der Waals surface area contributed by atoms with Gasteiger partial charge in [0, 0.05) is 11.6 Å². The maximum Gasteiger partial charge on any atom is 0.170 e. The van der Waals surface area contributed by atoms with Gasteiger partial charge < -0.3 is 5.32 Å². The molecule has 0 amide bonds. The first-order chi connectivity index (χ1) is 9.28. The summed E-state index contributed by atoms with van der Waals surface area (Å²) < 4.78 is 28.1. The van der Waals surface area contributed by atoms with Gasteiger partial charge in [-0.15, -0.1) is 5.10 Å². The molecule has 0 bridgehead atoms. The van der Waals surface area contributed by atoms with Crippen LogP contribution in [0.15, 0.2) is 12.1 Å². The van der Waals surface area contributed by atoms with Crippen LogP contribution < -0.4 is 5.32 Å². The van der Waals surface area contributed by atoms with E-state index in [1.807, 2.05) is 20.8 Å². The van der Waals surface area contributed by atoms with Crippen LogP contribution in [-0.2, 0) is 6.54 Å². The molecule has 1 N–H and O–H groups in total. The maximum atomic E-state index is 13.9. The summed E-state index contributed by atoms with van der Waals surface area (Å²) in [6, 6.07) is 1.76. The van der Waals surface area contributed by atoms with Crippen molar-refractivity contribution in [2.24, 2.45) is 0 Å². The Morgan fingerprint density at radius 2 is 2.00 bits per heavy atom. The van der Waals surface area contributed by atoms with E-state index in [4.69, 9.17) is 11.6 Å². The maximum absolute atomic E-state index is 13.9. The van der Waals surface area contributed by atoms with Crippen LogP contribution in [0.2, 0.25) is 5.02 Å². The molecule has 0 saturated carbocycles. The van der Waals surface area contributed by atoms with E-state index in [9.17, 15) is 8.78 Å². The molecule has 20 heavy (non-hydrogen) atoms. The van der Waals surface area contributed by atoms with E-state index in [1.165, 1.54) is 0 Å². The number of hydrogen-bond donors (Lipinski definition) is 1. The smallest absolute Gasteiger partial charge is 0.170 e. The summed E-state index contributed by atoms with van der Waals surface area (Å²) in [5, 5.41) is 14.1. The summed E-state index contributed by atoms with van der Waals surface area (Å²) in [6.45, 7) is 6.26. The van der Waals surface area contributed by atoms with Crippen molar-refractivity contribution in [3.05, 3.63) is 34.6 Å². The van der Waals surface area contributed by atoms with Gasteiger partial charge in [-0.05, 0) is 37.3 Å². The zero-order chi connectivity index (χ0) is 14.9. The lowest BCUT2D eigenvalue weighted by Gasteiger charge is -2.20. The molecule has 8 heteroatoms. The van der Waals surface area contributed by atoms with E-state index in [0.29, 0.717) is 12.4 Å². The van der Waals surface area contributed by atoms with Crippen LogP contribution in [0.4, 0.5) is 8.78 Å². The predicted octanol–water partition coefficient (Wildman–Crippen LogP) is 2.48. The Morgan fingerprint density at radius 3 is 2.60 bits per heavy atom. The second-order valence-electron chi connectivity index (χ2n) is 5.33.